The molecule has 79 heavy (non-hydrogen) atoms. The van der Waals surface area contributed by atoms with Gasteiger partial charge in [-0.3, -0.25) is 14.4 Å². The van der Waals surface area contributed by atoms with E-state index in [1.54, 1.807) is 0 Å². The van der Waals surface area contributed by atoms with Crippen molar-refractivity contribution in [2.45, 2.75) is 361 Å². The van der Waals surface area contributed by atoms with Crippen LogP contribution in [-0.2, 0) is 28.6 Å². The molecule has 0 aromatic carbocycles. The summed E-state index contributed by atoms with van der Waals surface area (Å²) in [5.41, 5.74) is 0. The van der Waals surface area contributed by atoms with Crippen molar-refractivity contribution in [1.82, 2.24) is 0 Å². The summed E-state index contributed by atoms with van der Waals surface area (Å²) in [4.78, 5) is 38.2. The van der Waals surface area contributed by atoms with Gasteiger partial charge in [0.2, 0.25) is 0 Å². The van der Waals surface area contributed by atoms with Gasteiger partial charge in [-0.05, 0) is 96.3 Å². The van der Waals surface area contributed by atoms with E-state index in [0.717, 1.165) is 77.0 Å². The predicted octanol–water partition coefficient (Wildman–Crippen LogP) is 23.7. The first-order valence-corrected chi connectivity index (χ1v) is 34.4. The van der Waals surface area contributed by atoms with E-state index in [1.165, 1.54) is 231 Å². The monoisotopic (exact) mass is 1100 g/mol. The van der Waals surface area contributed by atoms with Crippen molar-refractivity contribution in [3.63, 3.8) is 0 Å². The molecule has 1 unspecified atom stereocenters. The Labute approximate surface area is 491 Å². The van der Waals surface area contributed by atoms with Crippen LogP contribution in [0, 0.1) is 0 Å². The van der Waals surface area contributed by atoms with E-state index in [9.17, 15) is 14.4 Å². The number of hydrogen-bond acceptors (Lipinski definition) is 6. The minimum atomic E-state index is -0.808. The molecule has 1 atom stereocenters. The van der Waals surface area contributed by atoms with E-state index < -0.39 is 6.10 Å². The molecule has 0 aromatic heterocycles. The molecular formula is C73H130O6. The summed E-state index contributed by atoms with van der Waals surface area (Å²) in [6, 6.07) is 0. The zero-order chi connectivity index (χ0) is 57.1. The number of hydrogen-bond donors (Lipinski definition) is 0. The number of ether oxygens (including phenoxy) is 3. The lowest BCUT2D eigenvalue weighted by Crippen LogP contribution is -2.30. The highest BCUT2D eigenvalue weighted by molar-refractivity contribution is 5.71. The lowest BCUT2D eigenvalue weighted by molar-refractivity contribution is -0.166. The highest BCUT2D eigenvalue weighted by Gasteiger charge is 2.19. The molecule has 0 aliphatic heterocycles. The summed E-state index contributed by atoms with van der Waals surface area (Å²) in [5, 5.41) is 0. The van der Waals surface area contributed by atoms with E-state index >= 15 is 0 Å². The molecule has 0 bridgehead atoms. The lowest BCUT2D eigenvalue weighted by Gasteiger charge is -2.18. The Balaban J connectivity index is 4.13. The lowest BCUT2D eigenvalue weighted by atomic mass is 10.0. The van der Waals surface area contributed by atoms with Crippen molar-refractivity contribution in [3.8, 4) is 0 Å². The quantitative estimate of drug-likeness (QED) is 0.0261. The molecule has 0 rings (SSSR count). The van der Waals surface area contributed by atoms with Crippen molar-refractivity contribution in [2.75, 3.05) is 13.2 Å². The molecule has 0 saturated heterocycles. The standard InChI is InChI=1S/C73H130O6/c1-4-7-10-13-16-19-22-25-27-28-29-30-31-32-33-34-35-36-37-38-39-40-41-42-43-44-46-48-51-54-57-60-63-66-72(75)78-69-70(68-77-71(74)65-62-59-56-53-50-47-24-21-18-15-12-9-6-3)79-73(76)67-64-61-58-55-52-49-45-26-23-20-17-14-11-8-5-2/h9,12,18,21,26,28-29,45,47,50,56,59,70H,4-8,10-11,13-17,19-20,22-25,27,30-44,46,48-49,51-55,57-58,60-69H2,1-3H3/b12-9-,21-18-,29-28-,45-26-,50-47-,59-56-. The maximum Gasteiger partial charge on any atom is 0.306 e. The SMILES string of the molecule is CC/C=C\C/C=C\C/C=C\C/C=C\CCC(=O)OCC(COC(=O)CCCCCCCCCCCCCCCCCCCCCCC/C=C\CCCCCCCCCC)OC(=O)CCCCCCC/C=C\CCCCCCCC. The fourth-order valence-electron chi connectivity index (χ4n) is 10.0. The topological polar surface area (TPSA) is 78.9 Å². The molecule has 0 heterocycles. The fraction of sp³-hybridized carbons (Fsp3) is 0.795. The second-order valence-corrected chi connectivity index (χ2v) is 23.1. The Bertz CT molecular complexity index is 1450. The minimum absolute atomic E-state index is 0.0978. The highest BCUT2D eigenvalue weighted by atomic mass is 16.6. The van der Waals surface area contributed by atoms with E-state index in [-0.39, 0.29) is 37.5 Å². The molecule has 6 heteroatoms. The van der Waals surface area contributed by atoms with Crippen molar-refractivity contribution >= 4 is 17.9 Å². The van der Waals surface area contributed by atoms with Crippen molar-refractivity contribution < 1.29 is 28.6 Å². The van der Waals surface area contributed by atoms with Gasteiger partial charge in [-0.25, -0.2) is 0 Å². The van der Waals surface area contributed by atoms with Gasteiger partial charge in [-0.1, -0.05) is 312 Å². The van der Waals surface area contributed by atoms with Crippen LogP contribution in [0.5, 0.6) is 0 Å². The number of carbonyl (C=O) groups is 3. The molecule has 0 amide bonds. The Kier molecular flexibility index (Phi) is 64.7. The van der Waals surface area contributed by atoms with Crippen LogP contribution in [0.25, 0.3) is 0 Å². The predicted molar refractivity (Wildman–Crippen MR) is 344 cm³/mol. The van der Waals surface area contributed by atoms with Gasteiger partial charge in [0, 0.05) is 19.3 Å². The first-order valence-electron chi connectivity index (χ1n) is 34.4. The van der Waals surface area contributed by atoms with Gasteiger partial charge >= 0.3 is 17.9 Å². The summed E-state index contributed by atoms with van der Waals surface area (Å²) < 4.78 is 16.8. The summed E-state index contributed by atoms with van der Waals surface area (Å²) in [6.07, 6.45) is 88.3. The number of carbonyl (C=O) groups excluding carboxylic acids is 3. The summed E-state index contributed by atoms with van der Waals surface area (Å²) in [7, 11) is 0. The maximum atomic E-state index is 12.9. The van der Waals surface area contributed by atoms with Gasteiger partial charge in [0.25, 0.3) is 0 Å². The summed E-state index contributed by atoms with van der Waals surface area (Å²) in [5.74, 6) is -0.976. The Morgan fingerprint density at radius 2 is 0.519 bits per heavy atom. The van der Waals surface area contributed by atoms with E-state index in [4.69, 9.17) is 14.2 Å². The molecule has 0 aromatic rings. The van der Waals surface area contributed by atoms with E-state index in [2.05, 4.69) is 87.6 Å². The van der Waals surface area contributed by atoms with Crippen LogP contribution in [-0.4, -0.2) is 37.2 Å². The van der Waals surface area contributed by atoms with Gasteiger partial charge in [0.15, 0.2) is 6.10 Å². The van der Waals surface area contributed by atoms with Crippen LogP contribution in [0.2, 0.25) is 0 Å². The third kappa shape index (κ3) is 65.5. The molecule has 458 valence electrons. The smallest absolute Gasteiger partial charge is 0.306 e. The van der Waals surface area contributed by atoms with Crippen LogP contribution in [0.15, 0.2) is 72.9 Å². The van der Waals surface area contributed by atoms with Crippen molar-refractivity contribution in [2.24, 2.45) is 0 Å². The normalized spacial score (nSPS) is 12.5. The first-order chi connectivity index (χ1) is 39.0. The Hall–Kier alpha value is -3.15. The second-order valence-electron chi connectivity index (χ2n) is 23.1. The fourth-order valence-corrected chi connectivity index (χ4v) is 10.0. The first kappa shape index (κ1) is 75.8. The van der Waals surface area contributed by atoms with Crippen LogP contribution < -0.4 is 0 Å². The van der Waals surface area contributed by atoms with Crippen LogP contribution in [0.1, 0.15) is 355 Å². The third-order valence-corrected chi connectivity index (χ3v) is 15.2. The largest absolute Gasteiger partial charge is 0.462 e. The third-order valence-electron chi connectivity index (χ3n) is 15.2. The van der Waals surface area contributed by atoms with Gasteiger partial charge < -0.3 is 14.2 Å². The molecule has 0 spiro atoms. The Morgan fingerprint density at radius 1 is 0.266 bits per heavy atom. The molecule has 0 aliphatic rings. The second kappa shape index (κ2) is 67.4. The van der Waals surface area contributed by atoms with E-state index in [0.29, 0.717) is 19.3 Å². The number of rotatable bonds is 63. The van der Waals surface area contributed by atoms with Gasteiger partial charge in [-0.2, -0.15) is 0 Å². The van der Waals surface area contributed by atoms with Gasteiger partial charge in [-0.15, -0.1) is 0 Å². The average Bonchev–Trinajstić information content (AvgIpc) is 3.45. The van der Waals surface area contributed by atoms with E-state index in [1.807, 2.05) is 6.08 Å². The van der Waals surface area contributed by atoms with Crippen LogP contribution in [0.4, 0.5) is 0 Å². The molecule has 0 saturated carbocycles. The zero-order valence-corrected chi connectivity index (χ0v) is 52.6. The molecule has 0 aliphatic carbocycles. The average molecular weight is 1100 g/mol. The summed E-state index contributed by atoms with van der Waals surface area (Å²) >= 11 is 0. The molecule has 0 radical (unpaired) electrons. The molecular weight excluding hydrogens is 973 g/mol. The van der Waals surface area contributed by atoms with Gasteiger partial charge in [0.1, 0.15) is 13.2 Å². The van der Waals surface area contributed by atoms with Crippen LogP contribution >= 0.6 is 0 Å². The molecule has 0 N–H and O–H groups in total. The molecule has 0 fully saturated rings. The summed E-state index contributed by atoms with van der Waals surface area (Å²) in [6.45, 7) is 6.49. The molecule has 6 nitrogen and oxygen atoms in total. The van der Waals surface area contributed by atoms with Crippen LogP contribution in [0.3, 0.4) is 0 Å². The van der Waals surface area contributed by atoms with Gasteiger partial charge in [0.05, 0.1) is 0 Å². The van der Waals surface area contributed by atoms with Crippen molar-refractivity contribution in [3.05, 3.63) is 72.9 Å². The number of allylic oxidation sites excluding steroid dienone is 12. The number of unbranched alkanes of at least 4 members (excludes halogenated alkanes) is 40. The maximum absolute atomic E-state index is 12.9. The minimum Gasteiger partial charge on any atom is -0.462 e. The Morgan fingerprint density at radius 3 is 0.848 bits per heavy atom. The van der Waals surface area contributed by atoms with Crippen molar-refractivity contribution in [1.29, 1.82) is 0 Å². The zero-order valence-electron chi connectivity index (χ0n) is 52.6. The highest BCUT2D eigenvalue weighted by Crippen LogP contribution is 2.18. The number of esters is 3.